The van der Waals surface area contributed by atoms with E-state index in [0.717, 1.165) is 5.56 Å². The molecule has 0 heterocycles. The molecule has 0 fully saturated rings. The van der Waals surface area contributed by atoms with Gasteiger partial charge in [-0.2, -0.15) is 5.26 Å². The van der Waals surface area contributed by atoms with Crippen LogP contribution in [0.5, 0.6) is 0 Å². The van der Waals surface area contributed by atoms with Crippen LogP contribution in [0.25, 0.3) is 0 Å². The first kappa shape index (κ1) is 18.7. The van der Waals surface area contributed by atoms with Crippen molar-refractivity contribution < 1.29 is 14.3 Å². The Morgan fingerprint density at radius 3 is 2.26 bits per heavy atom. The number of nitrogens with zero attached hydrogens (tertiary/aromatic N) is 1. The van der Waals surface area contributed by atoms with E-state index in [-0.39, 0.29) is 23.7 Å². The summed E-state index contributed by atoms with van der Waals surface area (Å²) in [6.45, 7) is 7.98. The van der Waals surface area contributed by atoms with Gasteiger partial charge >= 0.3 is 5.97 Å². The lowest BCUT2D eigenvalue weighted by molar-refractivity contribution is -0.143. The number of amides is 1. The van der Waals surface area contributed by atoms with Crippen molar-refractivity contribution in [3.63, 3.8) is 0 Å². The second-order valence-corrected chi connectivity index (χ2v) is 6.64. The molecular weight excluding hydrogens is 292 g/mol. The minimum atomic E-state index is -0.829. The van der Waals surface area contributed by atoms with Gasteiger partial charge in [0, 0.05) is 11.5 Å². The zero-order chi connectivity index (χ0) is 17.6. The third-order valence-corrected chi connectivity index (χ3v) is 3.61. The molecule has 0 unspecified atom stereocenters. The van der Waals surface area contributed by atoms with Gasteiger partial charge in [-0.1, -0.05) is 32.9 Å². The maximum atomic E-state index is 12.3. The maximum Gasteiger partial charge on any atom is 0.328 e. The molecule has 0 bridgehead atoms. The number of carbonyl (C=O) groups excluding carboxylic acids is 2. The normalized spacial score (nSPS) is 13.6. The molecule has 0 saturated heterocycles. The van der Waals surface area contributed by atoms with Crippen molar-refractivity contribution in [2.24, 2.45) is 5.92 Å². The molecule has 0 aliphatic carbocycles. The first-order chi connectivity index (χ1) is 10.7. The number of esters is 1. The predicted molar refractivity (Wildman–Crippen MR) is 87.8 cm³/mol. The minimum Gasteiger partial charge on any atom is -0.467 e. The van der Waals surface area contributed by atoms with E-state index < -0.39 is 12.0 Å². The summed E-state index contributed by atoms with van der Waals surface area (Å²) >= 11 is 0. The van der Waals surface area contributed by atoms with Gasteiger partial charge in [0.25, 0.3) is 5.91 Å². The highest BCUT2D eigenvalue weighted by atomic mass is 16.5. The Balaban J connectivity index is 2.86. The zero-order valence-electron chi connectivity index (χ0n) is 14.3. The van der Waals surface area contributed by atoms with Crippen LogP contribution >= 0.6 is 0 Å². The van der Waals surface area contributed by atoms with Gasteiger partial charge in [-0.05, 0) is 36.5 Å². The monoisotopic (exact) mass is 316 g/mol. The Kier molecular flexibility index (Phi) is 6.32. The average molecular weight is 316 g/mol. The number of methoxy groups -OCH3 is 1. The van der Waals surface area contributed by atoms with Crippen LogP contribution in [-0.2, 0) is 14.9 Å². The van der Waals surface area contributed by atoms with E-state index in [2.05, 4.69) is 32.2 Å². The quantitative estimate of drug-likeness (QED) is 0.847. The van der Waals surface area contributed by atoms with E-state index in [1.807, 2.05) is 12.1 Å². The average Bonchev–Trinajstić information content (AvgIpc) is 2.52. The highest BCUT2D eigenvalue weighted by Crippen LogP contribution is 2.22. The number of nitrogens with one attached hydrogen (secondary N) is 1. The largest absolute Gasteiger partial charge is 0.467 e. The van der Waals surface area contributed by atoms with Gasteiger partial charge in [-0.15, -0.1) is 0 Å². The van der Waals surface area contributed by atoms with Crippen molar-refractivity contribution in [1.82, 2.24) is 5.32 Å². The van der Waals surface area contributed by atoms with Crippen molar-refractivity contribution in [2.75, 3.05) is 7.11 Å². The zero-order valence-corrected chi connectivity index (χ0v) is 14.3. The lowest BCUT2D eigenvalue weighted by Crippen LogP contribution is -2.42. The maximum absolute atomic E-state index is 12.3. The number of ether oxygens (including phenoxy) is 1. The molecule has 0 aliphatic heterocycles. The molecular formula is C18H24N2O3. The van der Waals surface area contributed by atoms with Crippen LogP contribution in [-0.4, -0.2) is 25.0 Å². The van der Waals surface area contributed by atoms with Gasteiger partial charge in [0.2, 0.25) is 0 Å². The Labute approximate surface area is 137 Å². The van der Waals surface area contributed by atoms with Gasteiger partial charge < -0.3 is 10.1 Å². The SMILES string of the molecule is COC(=O)[C@@H](C[C@@H](C)C#N)NC(=O)c1ccc(C(C)(C)C)cc1. The fourth-order valence-corrected chi connectivity index (χ4v) is 2.13. The molecule has 1 amide bonds. The molecule has 0 spiro atoms. The van der Waals surface area contributed by atoms with Gasteiger partial charge in [0.1, 0.15) is 6.04 Å². The molecule has 1 aromatic rings. The van der Waals surface area contributed by atoms with Gasteiger partial charge in [-0.3, -0.25) is 4.79 Å². The lowest BCUT2D eigenvalue weighted by Gasteiger charge is -2.20. The molecule has 23 heavy (non-hydrogen) atoms. The molecule has 124 valence electrons. The van der Waals surface area contributed by atoms with E-state index in [0.29, 0.717) is 5.56 Å². The first-order valence-electron chi connectivity index (χ1n) is 7.58. The number of rotatable bonds is 5. The number of nitriles is 1. The van der Waals surface area contributed by atoms with Crippen LogP contribution in [0, 0.1) is 17.2 Å². The van der Waals surface area contributed by atoms with Crippen LogP contribution in [0.1, 0.15) is 50.0 Å². The summed E-state index contributed by atoms with van der Waals surface area (Å²) in [5.74, 6) is -1.26. The topological polar surface area (TPSA) is 79.2 Å². The molecule has 5 nitrogen and oxygen atoms in total. The molecule has 2 atom stereocenters. The second-order valence-electron chi connectivity index (χ2n) is 6.64. The van der Waals surface area contributed by atoms with E-state index in [1.165, 1.54) is 7.11 Å². The summed E-state index contributed by atoms with van der Waals surface area (Å²) in [4.78, 5) is 24.1. The van der Waals surface area contributed by atoms with Crippen molar-refractivity contribution in [3.8, 4) is 6.07 Å². The van der Waals surface area contributed by atoms with Crippen molar-refractivity contribution in [2.45, 2.75) is 45.6 Å². The summed E-state index contributed by atoms with van der Waals surface area (Å²) in [5, 5.41) is 11.5. The molecule has 0 aromatic heterocycles. The smallest absolute Gasteiger partial charge is 0.328 e. The summed E-state index contributed by atoms with van der Waals surface area (Å²) in [6.07, 6.45) is 0.217. The van der Waals surface area contributed by atoms with Gasteiger partial charge in [0.15, 0.2) is 0 Å². The fourth-order valence-electron chi connectivity index (χ4n) is 2.13. The number of carbonyl (C=O) groups is 2. The standard InChI is InChI=1S/C18H24N2O3/c1-12(11-19)10-15(17(22)23-5)20-16(21)13-6-8-14(9-7-13)18(2,3)4/h6-9,12,15H,10H2,1-5H3,(H,20,21)/t12-,15-/m1/s1. The van der Waals surface area contributed by atoms with E-state index in [4.69, 9.17) is 10.00 Å². The summed E-state index contributed by atoms with van der Waals surface area (Å²) in [5.41, 5.74) is 1.60. The molecule has 0 saturated carbocycles. The lowest BCUT2D eigenvalue weighted by atomic mass is 9.86. The van der Waals surface area contributed by atoms with E-state index in [9.17, 15) is 9.59 Å². The fraction of sp³-hybridized carbons (Fsp3) is 0.500. The Hall–Kier alpha value is -2.35. The summed E-state index contributed by atoms with van der Waals surface area (Å²) < 4.78 is 4.70. The Morgan fingerprint density at radius 1 is 1.26 bits per heavy atom. The molecule has 5 heteroatoms. The van der Waals surface area contributed by atoms with E-state index >= 15 is 0 Å². The van der Waals surface area contributed by atoms with Crippen molar-refractivity contribution in [1.29, 1.82) is 5.26 Å². The Bertz CT molecular complexity index is 594. The summed E-state index contributed by atoms with van der Waals surface area (Å²) in [6, 6.07) is 8.50. The van der Waals surface area contributed by atoms with Crippen LogP contribution in [0.2, 0.25) is 0 Å². The molecule has 0 aliphatic rings. The molecule has 0 radical (unpaired) electrons. The molecule has 1 rings (SSSR count). The highest BCUT2D eigenvalue weighted by molar-refractivity contribution is 5.96. The van der Waals surface area contributed by atoms with Crippen LogP contribution in [0.3, 0.4) is 0 Å². The number of hydrogen-bond donors (Lipinski definition) is 1. The van der Waals surface area contributed by atoms with Gasteiger partial charge in [-0.25, -0.2) is 4.79 Å². The minimum absolute atomic E-state index is 0.00574. The molecule has 1 N–H and O–H groups in total. The van der Waals surface area contributed by atoms with Crippen LogP contribution in [0.4, 0.5) is 0 Å². The van der Waals surface area contributed by atoms with Crippen molar-refractivity contribution in [3.05, 3.63) is 35.4 Å². The van der Waals surface area contributed by atoms with E-state index in [1.54, 1.807) is 19.1 Å². The van der Waals surface area contributed by atoms with Gasteiger partial charge in [0.05, 0.1) is 13.2 Å². The first-order valence-corrected chi connectivity index (χ1v) is 7.58. The number of benzene rings is 1. The third kappa shape index (κ3) is 5.41. The highest BCUT2D eigenvalue weighted by Gasteiger charge is 2.24. The predicted octanol–water partition coefficient (Wildman–Crippen LogP) is 2.81. The number of hydrogen-bond acceptors (Lipinski definition) is 4. The second kappa shape index (κ2) is 7.77. The Morgan fingerprint density at radius 2 is 1.83 bits per heavy atom. The third-order valence-electron chi connectivity index (χ3n) is 3.61. The molecule has 1 aromatic carbocycles. The summed E-state index contributed by atoms with van der Waals surface area (Å²) in [7, 11) is 1.26. The van der Waals surface area contributed by atoms with Crippen molar-refractivity contribution >= 4 is 11.9 Å². The van der Waals surface area contributed by atoms with Crippen LogP contribution < -0.4 is 5.32 Å². The van der Waals surface area contributed by atoms with Crippen LogP contribution in [0.15, 0.2) is 24.3 Å².